The first-order chi connectivity index (χ1) is 9.74. The lowest BCUT2D eigenvalue weighted by atomic mass is 9.97. The Hall–Kier alpha value is -1.84. The summed E-state index contributed by atoms with van der Waals surface area (Å²) in [5.74, 6) is 0. The van der Waals surface area contributed by atoms with Crippen LogP contribution in [-0.4, -0.2) is 23.1 Å². The van der Waals surface area contributed by atoms with E-state index in [9.17, 15) is 5.11 Å². The summed E-state index contributed by atoms with van der Waals surface area (Å²) < 4.78 is 0. The Labute approximate surface area is 119 Å². The summed E-state index contributed by atoms with van der Waals surface area (Å²) in [7, 11) is 0. The molecule has 1 aliphatic heterocycles. The average Bonchev–Trinajstić information content (AvgIpc) is 2.48. The maximum Gasteiger partial charge on any atom is 0.0917 e. The third-order valence-corrected chi connectivity index (χ3v) is 4.00. The maximum atomic E-state index is 10.3. The molecular weight excluding hydrogens is 248 g/mol. The molecule has 0 saturated heterocycles. The molecular formula is C17H20N2O. The number of benzene rings is 2. The molecule has 104 valence electrons. The van der Waals surface area contributed by atoms with E-state index < -0.39 is 6.10 Å². The lowest BCUT2D eigenvalue weighted by molar-refractivity contribution is 0.106. The molecule has 3 rings (SSSR count). The van der Waals surface area contributed by atoms with Gasteiger partial charge in [-0.15, -0.1) is 0 Å². The van der Waals surface area contributed by atoms with Crippen LogP contribution in [-0.2, 0) is 13.0 Å². The Morgan fingerprint density at radius 2 is 1.90 bits per heavy atom. The van der Waals surface area contributed by atoms with Crippen LogP contribution in [0.2, 0.25) is 0 Å². The molecule has 0 amide bonds. The second-order valence-corrected chi connectivity index (χ2v) is 5.40. The van der Waals surface area contributed by atoms with Crippen LogP contribution in [0.3, 0.4) is 0 Å². The normalized spacial score (nSPS) is 16.6. The van der Waals surface area contributed by atoms with E-state index in [1.807, 2.05) is 42.5 Å². The Morgan fingerprint density at radius 3 is 2.70 bits per heavy atom. The van der Waals surface area contributed by atoms with E-state index in [-0.39, 0.29) is 0 Å². The number of rotatable bonds is 3. The summed E-state index contributed by atoms with van der Waals surface area (Å²) in [5.41, 5.74) is 10.4. The Morgan fingerprint density at radius 1 is 1.10 bits per heavy atom. The first-order valence-corrected chi connectivity index (χ1v) is 7.05. The summed E-state index contributed by atoms with van der Waals surface area (Å²) in [6.07, 6.45) is 0.530. The SMILES string of the molecule is Nc1cccc2c1CCN(CC(O)c1ccccc1)C2. The van der Waals surface area contributed by atoms with Crippen LogP contribution in [0.15, 0.2) is 48.5 Å². The van der Waals surface area contributed by atoms with Crippen molar-refractivity contribution >= 4 is 5.69 Å². The number of hydrogen-bond acceptors (Lipinski definition) is 3. The third kappa shape index (κ3) is 2.69. The topological polar surface area (TPSA) is 49.5 Å². The second-order valence-electron chi connectivity index (χ2n) is 5.40. The zero-order valence-corrected chi connectivity index (χ0v) is 11.5. The van der Waals surface area contributed by atoms with Gasteiger partial charge >= 0.3 is 0 Å². The third-order valence-electron chi connectivity index (χ3n) is 4.00. The molecule has 20 heavy (non-hydrogen) atoms. The van der Waals surface area contributed by atoms with E-state index in [1.165, 1.54) is 11.1 Å². The number of β-amino-alcohol motifs (C(OH)–C–C–N with tert-alkyl or cyclic N) is 1. The molecule has 1 heterocycles. The van der Waals surface area contributed by atoms with E-state index in [2.05, 4.69) is 11.0 Å². The van der Waals surface area contributed by atoms with Crippen molar-refractivity contribution in [1.82, 2.24) is 4.90 Å². The van der Waals surface area contributed by atoms with Gasteiger partial charge in [0.1, 0.15) is 0 Å². The van der Waals surface area contributed by atoms with Crippen molar-refractivity contribution in [2.24, 2.45) is 0 Å². The summed E-state index contributed by atoms with van der Waals surface area (Å²) in [5, 5.41) is 10.3. The van der Waals surface area contributed by atoms with Crippen molar-refractivity contribution in [3.8, 4) is 0 Å². The number of nitrogens with two attached hydrogens (primary N) is 1. The van der Waals surface area contributed by atoms with Gasteiger partial charge in [-0.3, -0.25) is 4.90 Å². The molecule has 3 nitrogen and oxygen atoms in total. The van der Waals surface area contributed by atoms with Gasteiger partial charge in [0.25, 0.3) is 0 Å². The predicted octanol–water partition coefficient (Wildman–Crippen LogP) is 2.36. The fraction of sp³-hybridized carbons (Fsp3) is 0.294. The van der Waals surface area contributed by atoms with Crippen LogP contribution >= 0.6 is 0 Å². The summed E-state index contributed by atoms with van der Waals surface area (Å²) in [6.45, 7) is 2.48. The molecule has 2 aromatic carbocycles. The predicted molar refractivity (Wildman–Crippen MR) is 81.2 cm³/mol. The summed E-state index contributed by atoms with van der Waals surface area (Å²) in [6, 6.07) is 15.9. The van der Waals surface area contributed by atoms with Gasteiger partial charge in [0.15, 0.2) is 0 Å². The highest BCUT2D eigenvalue weighted by Gasteiger charge is 2.20. The molecule has 0 radical (unpaired) electrons. The highest BCUT2D eigenvalue weighted by Crippen LogP contribution is 2.25. The minimum atomic E-state index is -0.432. The number of nitrogen functional groups attached to an aromatic ring is 1. The zero-order chi connectivity index (χ0) is 13.9. The van der Waals surface area contributed by atoms with Crippen LogP contribution in [0, 0.1) is 0 Å². The highest BCUT2D eigenvalue weighted by atomic mass is 16.3. The molecule has 0 spiro atoms. The minimum Gasteiger partial charge on any atom is -0.398 e. The lowest BCUT2D eigenvalue weighted by Crippen LogP contribution is -2.34. The molecule has 1 unspecified atom stereocenters. The summed E-state index contributed by atoms with van der Waals surface area (Å²) in [4.78, 5) is 2.29. The van der Waals surface area contributed by atoms with Gasteiger partial charge in [-0.1, -0.05) is 42.5 Å². The molecule has 2 aromatic rings. The number of aliphatic hydroxyl groups is 1. The maximum absolute atomic E-state index is 10.3. The van der Waals surface area contributed by atoms with E-state index in [0.29, 0.717) is 6.54 Å². The number of anilines is 1. The van der Waals surface area contributed by atoms with Crippen molar-refractivity contribution in [2.45, 2.75) is 19.1 Å². The van der Waals surface area contributed by atoms with Crippen LogP contribution < -0.4 is 5.73 Å². The van der Waals surface area contributed by atoms with E-state index >= 15 is 0 Å². The molecule has 1 atom stereocenters. The van der Waals surface area contributed by atoms with Gasteiger partial charge in [0.05, 0.1) is 6.10 Å². The first-order valence-electron chi connectivity index (χ1n) is 7.05. The van der Waals surface area contributed by atoms with E-state index in [4.69, 9.17) is 5.73 Å². The lowest BCUT2D eigenvalue weighted by Gasteiger charge is -2.31. The molecule has 0 fully saturated rings. The molecule has 0 aliphatic carbocycles. The van der Waals surface area contributed by atoms with Crippen molar-refractivity contribution < 1.29 is 5.11 Å². The van der Waals surface area contributed by atoms with Gasteiger partial charge in [0, 0.05) is 25.3 Å². The standard InChI is InChI=1S/C17H20N2O/c18-16-8-4-7-14-11-19(10-9-15(14)16)12-17(20)13-5-2-1-3-6-13/h1-8,17,20H,9-12,18H2. The Kier molecular flexibility index (Phi) is 3.72. The van der Waals surface area contributed by atoms with E-state index in [1.54, 1.807) is 0 Å². The van der Waals surface area contributed by atoms with Crippen LogP contribution in [0.25, 0.3) is 0 Å². The number of nitrogens with zero attached hydrogens (tertiary/aromatic N) is 1. The van der Waals surface area contributed by atoms with Crippen molar-refractivity contribution in [3.63, 3.8) is 0 Å². The fourth-order valence-electron chi connectivity index (χ4n) is 2.88. The quantitative estimate of drug-likeness (QED) is 0.840. The molecule has 0 saturated carbocycles. The average molecular weight is 268 g/mol. The molecule has 3 N–H and O–H groups in total. The largest absolute Gasteiger partial charge is 0.398 e. The van der Waals surface area contributed by atoms with Crippen molar-refractivity contribution in [2.75, 3.05) is 18.8 Å². The van der Waals surface area contributed by atoms with Crippen LogP contribution in [0.5, 0.6) is 0 Å². The molecule has 1 aliphatic rings. The van der Waals surface area contributed by atoms with Gasteiger partial charge < -0.3 is 10.8 Å². The van der Waals surface area contributed by atoms with Crippen molar-refractivity contribution in [3.05, 3.63) is 65.2 Å². The summed E-state index contributed by atoms with van der Waals surface area (Å²) >= 11 is 0. The Balaban J connectivity index is 1.69. The smallest absolute Gasteiger partial charge is 0.0917 e. The highest BCUT2D eigenvalue weighted by molar-refractivity contribution is 5.51. The Bertz CT molecular complexity index is 583. The van der Waals surface area contributed by atoms with Gasteiger partial charge in [-0.2, -0.15) is 0 Å². The van der Waals surface area contributed by atoms with Gasteiger partial charge in [0.2, 0.25) is 0 Å². The monoisotopic (exact) mass is 268 g/mol. The van der Waals surface area contributed by atoms with Gasteiger partial charge in [-0.05, 0) is 29.2 Å². The molecule has 3 heteroatoms. The molecule has 0 bridgehead atoms. The number of fused-ring (bicyclic) bond motifs is 1. The zero-order valence-electron chi connectivity index (χ0n) is 11.5. The first kappa shape index (κ1) is 13.2. The number of aliphatic hydroxyl groups excluding tert-OH is 1. The second kappa shape index (κ2) is 5.65. The van der Waals surface area contributed by atoms with Crippen molar-refractivity contribution in [1.29, 1.82) is 0 Å². The fourth-order valence-corrected chi connectivity index (χ4v) is 2.88. The minimum absolute atomic E-state index is 0.432. The molecule has 0 aromatic heterocycles. The van der Waals surface area contributed by atoms with E-state index in [0.717, 1.165) is 30.8 Å². The van der Waals surface area contributed by atoms with Crippen LogP contribution in [0.4, 0.5) is 5.69 Å². The van der Waals surface area contributed by atoms with Crippen LogP contribution in [0.1, 0.15) is 22.8 Å². The van der Waals surface area contributed by atoms with Gasteiger partial charge in [-0.25, -0.2) is 0 Å². The number of hydrogen-bond donors (Lipinski definition) is 2.